The molecule has 0 aromatic carbocycles. The van der Waals surface area contributed by atoms with E-state index in [0.29, 0.717) is 17.4 Å². The predicted octanol–water partition coefficient (Wildman–Crippen LogP) is 1.62. The minimum Gasteiger partial charge on any atom is -0.337 e. The topological polar surface area (TPSA) is 52.0 Å². The van der Waals surface area contributed by atoms with Crippen LogP contribution in [0.2, 0.25) is 0 Å². The fraction of sp³-hybridized carbons (Fsp3) is 0.750. The Kier molecular flexibility index (Phi) is 3.06. The number of imidazole rings is 1. The minimum atomic E-state index is -2.68. The van der Waals surface area contributed by atoms with Crippen molar-refractivity contribution in [2.45, 2.75) is 39.2 Å². The summed E-state index contributed by atoms with van der Waals surface area (Å²) in [5.74, 6) is 1.09. The van der Waals surface area contributed by atoms with Crippen LogP contribution in [-0.4, -0.2) is 29.5 Å². The molecule has 96 valence electrons. The van der Waals surface area contributed by atoms with Gasteiger partial charge in [-0.1, -0.05) is 20.8 Å². The molecule has 0 radical (unpaired) electrons. The lowest BCUT2D eigenvalue weighted by Crippen LogP contribution is -2.36. The molecule has 5 heteroatoms. The molecule has 0 atom stereocenters. The monoisotopic (exact) mass is 256 g/mol. The Morgan fingerprint density at radius 2 is 2.06 bits per heavy atom. The highest BCUT2D eigenvalue weighted by molar-refractivity contribution is 7.92. The normalized spacial score (nSPS) is 20.2. The van der Waals surface area contributed by atoms with E-state index in [9.17, 15) is 8.42 Å². The third kappa shape index (κ3) is 3.09. The summed E-state index contributed by atoms with van der Waals surface area (Å²) in [7, 11) is -2.68. The largest absolute Gasteiger partial charge is 0.337 e. The van der Waals surface area contributed by atoms with Crippen molar-refractivity contribution in [3.63, 3.8) is 0 Å². The molecule has 1 aliphatic rings. The Labute approximate surface area is 103 Å². The summed E-state index contributed by atoms with van der Waals surface area (Å²) in [4.78, 5) is 4.38. The Bertz CT molecular complexity index is 485. The molecule has 4 nitrogen and oxygen atoms in total. The second kappa shape index (κ2) is 4.12. The van der Waals surface area contributed by atoms with Crippen LogP contribution < -0.4 is 0 Å². The van der Waals surface area contributed by atoms with Gasteiger partial charge in [0.05, 0.1) is 23.5 Å². The van der Waals surface area contributed by atoms with Crippen molar-refractivity contribution in [3.05, 3.63) is 18.2 Å². The van der Waals surface area contributed by atoms with Crippen LogP contribution in [0.15, 0.2) is 12.5 Å². The van der Waals surface area contributed by atoms with Gasteiger partial charge in [0.2, 0.25) is 0 Å². The van der Waals surface area contributed by atoms with Crippen molar-refractivity contribution in [1.29, 1.82) is 0 Å². The van der Waals surface area contributed by atoms with Crippen molar-refractivity contribution in [2.24, 2.45) is 5.92 Å². The lowest BCUT2D eigenvalue weighted by Gasteiger charge is -2.25. The lowest BCUT2D eigenvalue weighted by molar-refractivity contribution is 0.466. The van der Waals surface area contributed by atoms with Gasteiger partial charge in [0.15, 0.2) is 9.84 Å². The summed E-state index contributed by atoms with van der Waals surface area (Å²) in [6.07, 6.45) is 4.83. The van der Waals surface area contributed by atoms with E-state index in [1.54, 1.807) is 0 Å². The van der Waals surface area contributed by atoms with E-state index in [1.165, 1.54) is 0 Å². The van der Waals surface area contributed by atoms with Crippen molar-refractivity contribution in [1.82, 2.24) is 9.55 Å². The number of aromatic nitrogens is 2. The van der Waals surface area contributed by atoms with Crippen LogP contribution in [-0.2, 0) is 21.8 Å². The Morgan fingerprint density at radius 3 is 2.53 bits per heavy atom. The number of nitrogens with zero attached hydrogens (tertiary/aromatic N) is 2. The predicted molar refractivity (Wildman–Crippen MR) is 67.7 cm³/mol. The van der Waals surface area contributed by atoms with Gasteiger partial charge in [-0.2, -0.15) is 0 Å². The number of hydrogen-bond acceptors (Lipinski definition) is 3. The van der Waals surface area contributed by atoms with Gasteiger partial charge < -0.3 is 4.57 Å². The van der Waals surface area contributed by atoms with Gasteiger partial charge in [-0.05, 0) is 12.3 Å². The molecule has 17 heavy (non-hydrogen) atoms. The summed E-state index contributed by atoms with van der Waals surface area (Å²) >= 11 is 0. The molecule has 0 bridgehead atoms. The maximum Gasteiger partial charge on any atom is 0.150 e. The zero-order chi connectivity index (χ0) is 12.7. The van der Waals surface area contributed by atoms with Gasteiger partial charge >= 0.3 is 0 Å². The molecule has 0 saturated carbocycles. The van der Waals surface area contributed by atoms with Crippen molar-refractivity contribution >= 4 is 9.84 Å². The quantitative estimate of drug-likeness (QED) is 0.825. The maximum atomic E-state index is 11.0. The van der Waals surface area contributed by atoms with E-state index in [2.05, 4.69) is 36.5 Å². The van der Waals surface area contributed by atoms with Gasteiger partial charge in [0.25, 0.3) is 0 Å². The molecule has 1 fully saturated rings. The fourth-order valence-corrected chi connectivity index (χ4v) is 3.71. The maximum absolute atomic E-state index is 11.0. The first-order valence-corrected chi connectivity index (χ1v) is 7.81. The van der Waals surface area contributed by atoms with E-state index in [-0.39, 0.29) is 5.41 Å². The van der Waals surface area contributed by atoms with E-state index >= 15 is 0 Å². The first kappa shape index (κ1) is 12.6. The van der Waals surface area contributed by atoms with Crippen molar-refractivity contribution in [2.75, 3.05) is 11.5 Å². The highest BCUT2D eigenvalue weighted by atomic mass is 32.2. The molecule has 0 N–H and O–H groups in total. The summed E-state index contributed by atoms with van der Waals surface area (Å²) in [5.41, 5.74) is 1.16. The smallest absolute Gasteiger partial charge is 0.150 e. The summed E-state index contributed by atoms with van der Waals surface area (Å²) < 4.78 is 24.1. The third-order valence-corrected chi connectivity index (χ3v) is 5.14. The number of aryl methyl sites for hydroxylation is 1. The van der Waals surface area contributed by atoms with Crippen molar-refractivity contribution < 1.29 is 8.42 Å². The van der Waals surface area contributed by atoms with Crippen LogP contribution in [0.3, 0.4) is 0 Å². The van der Waals surface area contributed by atoms with Crippen LogP contribution in [0.25, 0.3) is 0 Å². The third-order valence-electron chi connectivity index (χ3n) is 3.18. The number of hydrogen-bond donors (Lipinski definition) is 0. The molecule has 2 heterocycles. The molecule has 0 amide bonds. The number of sulfone groups is 1. The Balaban J connectivity index is 1.86. The van der Waals surface area contributed by atoms with Gasteiger partial charge in [-0.15, -0.1) is 0 Å². The number of rotatable bonds is 3. The molecule has 0 spiro atoms. The summed E-state index contributed by atoms with van der Waals surface area (Å²) in [5, 5.41) is 0. The van der Waals surface area contributed by atoms with E-state index in [1.807, 2.05) is 6.33 Å². The van der Waals surface area contributed by atoms with Gasteiger partial charge in [0, 0.05) is 18.2 Å². The highest BCUT2D eigenvalue weighted by Crippen LogP contribution is 2.23. The molecule has 1 aromatic heterocycles. The van der Waals surface area contributed by atoms with E-state index in [0.717, 1.165) is 18.7 Å². The molecule has 1 saturated heterocycles. The Hall–Kier alpha value is -0.840. The van der Waals surface area contributed by atoms with Crippen LogP contribution >= 0.6 is 0 Å². The first-order valence-electron chi connectivity index (χ1n) is 5.99. The summed E-state index contributed by atoms with van der Waals surface area (Å²) in [6.45, 7) is 7.28. The standard InChI is InChI=1S/C12H20N2O2S/c1-12(2,3)11-6-14(9-13-11)5-4-10-7-17(15,16)8-10/h6,9-10H,4-5,7-8H2,1-3H3. The SMILES string of the molecule is CC(C)(C)c1cn(CCC2CS(=O)(=O)C2)cn1. The molecule has 1 aromatic rings. The average molecular weight is 256 g/mol. The molecule has 0 unspecified atom stereocenters. The van der Waals surface area contributed by atoms with Gasteiger partial charge in [-0.25, -0.2) is 13.4 Å². The first-order chi connectivity index (χ1) is 7.76. The van der Waals surface area contributed by atoms with E-state index in [4.69, 9.17) is 0 Å². The zero-order valence-corrected chi connectivity index (χ0v) is 11.5. The fourth-order valence-electron chi connectivity index (χ4n) is 2.04. The van der Waals surface area contributed by atoms with Crippen LogP contribution in [0.4, 0.5) is 0 Å². The molecular weight excluding hydrogens is 236 g/mol. The average Bonchev–Trinajstić information content (AvgIpc) is 2.58. The molecule has 1 aliphatic heterocycles. The second-order valence-corrected chi connectivity index (χ2v) is 8.13. The van der Waals surface area contributed by atoms with Crippen LogP contribution in [0.5, 0.6) is 0 Å². The van der Waals surface area contributed by atoms with Crippen molar-refractivity contribution in [3.8, 4) is 0 Å². The second-order valence-electron chi connectivity index (χ2n) is 5.98. The highest BCUT2D eigenvalue weighted by Gasteiger charge is 2.32. The zero-order valence-electron chi connectivity index (χ0n) is 10.7. The molecule has 0 aliphatic carbocycles. The Morgan fingerprint density at radius 1 is 1.41 bits per heavy atom. The van der Waals surface area contributed by atoms with Gasteiger partial charge in [0.1, 0.15) is 0 Å². The molecular formula is C12H20N2O2S. The van der Waals surface area contributed by atoms with E-state index < -0.39 is 9.84 Å². The lowest BCUT2D eigenvalue weighted by atomic mass is 9.93. The van der Waals surface area contributed by atoms with Crippen LogP contribution in [0, 0.1) is 5.92 Å². The summed E-state index contributed by atoms with van der Waals surface area (Å²) in [6, 6.07) is 0. The van der Waals surface area contributed by atoms with Crippen LogP contribution in [0.1, 0.15) is 32.9 Å². The minimum absolute atomic E-state index is 0.0745. The molecule has 2 rings (SSSR count). The van der Waals surface area contributed by atoms with Gasteiger partial charge in [-0.3, -0.25) is 0 Å².